The van der Waals surface area contributed by atoms with Gasteiger partial charge >= 0.3 is 0 Å². The smallest absolute Gasteiger partial charge is 0.288 e. The molecule has 158 valence electrons. The molecule has 1 saturated carbocycles. The van der Waals surface area contributed by atoms with Crippen LogP contribution in [0.25, 0.3) is 11.0 Å². The third-order valence-electron chi connectivity index (χ3n) is 6.91. The average Bonchev–Trinajstić information content (AvgIpc) is 3.29. The Kier molecular flexibility index (Phi) is 7.26. The van der Waals surface area contributed by atoms with Crippen LogP contribution in [0.5, 0.6) is 5.95 Å². The highest BCUT2D eigenvalue weighted by molar-refractivity contribution is 5.76. The van der Waals surface area contributed by atoms with Gasteiger partial charge in [-0.1, -0.05) is 57.1 Å². The second kappa shape index (κ2) is 10.3. The zero-order valence-electron chi connectivity index (χ0n) is 17.5. The Morgan fingerprint density at radius 1 is 1.07 bits per heavy atom. The van der Waals surface area contributed by atoms with Crippen LogP contribution in [0.4, 0.5) is 0 Å². The lowest BCUT2D eigenvalue weighted by atomic mass is 9.86. The van der Waals surface area contributed by atoms with E-state index in [0.717, 1.165) is 12.0 Å². The second-order valence-electron chi connectivity index (χ2n) is 8.97. The van der Waals surface area contributed by atoms with Crippen LogP contribution in [0.15, 0.2) is 39.5 Å². The number of unbranched alkanes of at least 4 members (excludes halogenated alkanes) is 1. The van der Waals surface area contributed by atoms with Crippen molar-refractivity contribution in [3.05, 3.63) is 40.6 Å². The summed E-state index contributed by atoms with van der Waals surface area (Å²) in [4.78, 5) is 12.3. The van der Waals surface area contributed by atoms with Crippen molar-refractivity contribution in [3.63, 3.8) is 0 Å². The summed E-state index contributed by atoms with van der Waals surface area (Å²) in [7, 11) is 0. The van der Waals surface area contributed by atoms with E-state index < -0.39 is 0 Å². The van der Waals surface area contributed by atoms with Gasteiger partial charge in [0.25, 0.3) is 5.95 Å². The molecular formula is C25H35NO3. The molecule has 29 heavy (non-hydrogen) atoms. The van der Waals surface area contributed by atoms with Crippen LogP contribution in [0.3, 0.4) is 0 Å². The zero-order chi connectivity index (χ0) is 19.9. The molecule has 2 fully saturated rings. The van der Waals surface area contributed by atoms with Crippen LogP contribution in [0, 0.1) is 11.8 Å². The number of nitrogens with one attached hydrogen (secondary N) is 1. The van der Waals surface area contributed by atoms with Crippen molar-refractivity contribution < 1.29 is 9.15 Å². The highest BCUT2D eigenvalue weighted by atomic mass is 16.6. The van der Waals surface area contributed by atoms with Crippen molar-refractivity contribution in [1.29, 1.82) is 0 Å². The molecule has 4 nitrogen and oxygen atoms in total. The topological polar surface area (TPSA) is 51.5 Å². The van der Waals surface area contributed by atoms with Gasteiger partial charge in [-0.15, -0.1) is 0 Å². The van der Waals surface area contributed by atoms with Gasteiger partial charge in [0.05, 0.1) is 18.1 Å². The Balaban J connectivity index is 1.31. The molecule has 1 aromatic heterocycles. The Hall–Kier alpha value is -1.81. The van der Waals surface area contributed by atoms with E-state index in [1.165, 1.54) is 83.2 Å². The van der Waals surface area contributed by atoms with Crippen LogP contribution < -0.4 is 15.5 Å². The summed E-state index contributed by atoms with van der Waals surface area (Å²) in [5.74, 6) is 1.69. The monoisotopic (exact) mass is 397 g/mol. The van der Waals surface area contributed by atoms with Crippen molar-refractivity contribution in [2.45, 2.75) is 76.7 Å². The molecule has 1 saturated heterocycles. The van der Waals surface area contributed by atoms with Crippen LogP contribution >= 0.6 is 0 Å². The quantitative estimate of drug-likeness (QED) is 0.553. The van der Waals surface area contributed by atoms with Crippen LogP contribution in [0.2, 0.25) is 0 Å². The fraction of sp³-hybridized carbons (Fsp3) is 0.640. The number of fused-ring (bicyclic) bond motifs is 1. The fourth-order valence-electron chi connectivity index (χ4n) is 5.19. The predicted molar refractivity (Wildman–Crippen MR) is 118 cm³/mol. The lowest BCUT2D eigenvalue weighted by Crippen LogP contribution is -2.33. The molecule has 0 amide bonds. The highest BCUT2D eigenvalue weighted by Gasteiger charge is 2.26. The lowest BCUT2D eigenvalue weighted by Gasteiger charge is -2.25. The minimum atomic E-state index is -0.0285. The summed E-state index contributed by atoms with van der Waals surface area (Å²) in [6.07, 6.45) is 14.5. The number of hydrogen-bond acceptors (Lipinski definition) is 4. The predicted octanol–water partition coefficient (Wildman–Crippen LogP) is 5.68. The van der Waals surface area contributed by atoms with Gasteiger partial charge in [-0.25, -0.2) is 0 Å². The van der Waals surface area contributed by atoms with Gasteiger partial charge < -0.3 is 14.5 Å². The molecule has 2 heterocycles. The first-order chi connectivity index (χ1) is 14.3. The third kappa shape index (κ3) is 5.63. The number of rotatable bonds is 9. The maximum atomic E-state index is 12.3. The lowest BCUT2D eigenvalue weighted by molar-refractivity contribution is 0.153. The van der Waals surface area contributed by atoms with Crippen molar-refractivity contribution in [2.75, 3.05) is 13.2 Å². The van der Waals surface area contributed by atoms with Crippen molar-refractivity contribution in [3.8, 4) is 5.95 Å². The molecule has 2 aromatic rings. The van der Waals surface area contributed by atoms with Gasteiger partial charge in [-0.05, 0) is 56.2 Å². The van der Waals surface area contributed by atoms with Crippen molar-refractivity contribution in [1.82, 2.24) is 5.32 Å². The van der Waals surface area contributed by atoms with Gasteiger partial charge in [-0.2, -0.15) is 0 Å². The van der Waals surface area contributed by atoms with E-state index in [2.05, 4.69) is 5.32 Å². The molecule has 4 heteroatoms. The van der Waals surface area contributed by atoms with E-state index in [9.17, 15) is 4.79 Å². The minimum Gasteiger partial charge on any atom is -0.465 e. The summed E-state index contributed by atoms with van der Waals surface area (Å²) in [6.45, 7) is 1.85. The molecule has 4 rings (SSSR count). The molecular weight excluding hydrogens is 362 g/mol. The molecule has 0 bridgehead atoms. The number of hydrogen-bond donors (Lipinski definition) is 1. The van der Waals surface area contributed by atoms with Crippen LogP contribution in [0.1, 0.15) is 70.6 Å². The maximum Gasteiger partial charge on any atom is 0.288 e. The van der Waals surface area contributed by atoms with Gasteiger partial charge in [0.15, 0.2) is 5.43 Å². The maximum absolute atomic E-state index is 12.3. The average molecular weight is 398 g/mol. The van der Waals surface area contributed by atoms with E-state index in [4.69, 9.17) is 9.15 Å². The Morgan fingerprint density at radius 3 is 2.72 bits per heavy atom. The van der Waals surface area contributed by atoms with Crippen LogP contribution in [-0.4, -0.2) is 19.2 Å². The van der Waals surface area contributed by atoms with Crippen LogP contribution in [-0.2, 0) is 0 Å². The molecule has 2 atom stereocenters. The summed E-state index contributed by atoms with van der Waals surface area (Å²) < 4.78 is 11.9. The summed E-state index contributed by atoms with van der Waals surface area (Å²) in [5.41, 5.74) is 0.576. The van der Waals surface area contributed by atoms with E-state index in [-0.39, 0.29) is 5.43 Å². The number of para-hydroxylation sites is 1. The standard InChI is InChI=1S/C25H35NO3/c27-23-17-25(29-24-15-6-5-14-22(23)24)28-18-20(19-9-1-2-10-19)11-3-4-12-21-13-7-8-16-26-21/h5-6,14-15,17,19-21,26H,1-4,7-13,16,18H2. The van der Waals surface area contributed by atoms with E-state index in [0.29, 0.717) is 29.4 Å². The SMILES string of the molecule is O=c1cc(OCC(CCCCC2CCCCN2)C2CCCC2)oc2ccccc12. The first-order valence-corrected chi connectivity index (χ1v) is 11.7. The fourth-order valence-corrected chi connectivity index (χ4v) is 5.19. The summed E-state index contributed by atoms with van der Waals surface area (Å²) >= 11 is 0. The summed E-state index contributed by atoms with van der Waals surface area (Å²) in [6, 6.07) is 9.61. The number of piperidine rings is 1. The van der Waals surface area contributed by atoms with E-state index in [1.807, 2.05) is 18.2 Å². The number of ether oxygens (including phenoxy) is 1. The Labute approximate surface area is 174 Å². The van der Waals surface area contributed by atoms with E-state index in [1.54, 1.807) is 6.07 Å². The molecule has 2 unspecified atom stereocenters. The van der Waals surface area contributed by atoms with Crippen molar-refractivity contribution in [2.24, 2.45) is 11.8 Å². The molecule has 1 aromatic carbocycles. The first-order valence-electron chi connectivity index (χ1n) is 11.7. The van der Waals surface area contributed by atoms with Gasteiger partial charge in [0.2, 0.25) is 0 Å². The van der Waals surface area contributed by atoms with Crippen molar-refractivity contribution >= 4 is 11.0 Å². The van der Waals surface area contributed by atoms with Gasteiger partial charge in [-0.3, -0.25) is 4.79 Å². The first kappa shape index (κ1) is 20.5. The normalized spacial score (nSPS) is 21.4. The second-order valence-corrected chi connectivity index (χ2v) is 8.97. The molecule has 1 aliphatic carbocycles. The molecule has 0 radical (unpaired) electrons. The largest absolute Gasteiger partial charge is 0.465 e. The Bertz CT molecular complexity index is 818. The van der Waals surface area contributed by atoms with Gasteiger partial charge in [0.1, 0.15) is 5.58 Å². The number of benzene rings is 1. The summed E-state index contributed by atoms with van der Waals surface area (Å²) in [5, 5.41) is 4.28. The Morgan fingerprint density at radius 2 is 1.90 bits per heavy atom. The third-order valence-corrected chi connectivity index (χ3v) is 6.91. The van der Waals surface area contributed by atoms with Gasteiger partial charge in [0, 0.05) is 6.04 Å². The zero-order valence-corrected chi connectivity index (χ0v) is 17.5. The van der Waals surface area contributed by atoms with E-state index >= 15 is 0 Å². The highest BCUT2D eigenvalue weighted by Crippen LogP contribution is 2.35. The molecule has 0 spiro atoms. The molecule has 1 aliphatic heterocycles. The molecule has 1 N–H and O–H groups in total. The molecule has 2 aliphatic rings. The minimum absolute atomic E-state index is 0.0285.